The van der Waals surface area contributed by atoms with Crippen LogP contribution >= 0.6 is 23.2 Å². The van der Waals surface area contributed by atoms with Crippen molar-refractivity contribution in [3.8, 4) is 11.5 Å². The molecule has 0 bridgehead atoms. The maximum Gasteiger partial charge on any atom is 0.322 e. The van der Waals surface area contributed by atoms with Crippen LogP contribution in [-0.2, 0) is 0 Å². The van der Waals surface area contributed by atoms with E-state index in [1.807, 2.05) is 23.1 Å². The number of carbonyl (C=O) groups is 1. The Bertz CT molecular complexity index is 859. The van der Waals surface area contributed by atoms with Gasteiger partial charge in [-0.15, -0.1) is 0 Å². The summed E-state index contributed by atoms with van der Waals surface area (Å²) < 4.78 is 11.5. The molecule has 4 rings (SSSR count). The zero-order chi connectivity index (χ0) is 18.8. The van der Waals surface area contributed by atoms with E-state index in [0.29, 0.717) is 35.5 Å². The van der Waals surface area contributed by atoms with Gasteiger partial charge in [-0.1, -0.05) is 29.3 Å². The van der Waals surface area contributed by atoms with Crippen LogP contribution in [0.15, 0.2) is 36.4 Å². The van der Waals surface area contributed by atoms with Crippen LogP contribution in [0, 0.1) is 0 Å². The van der Waals surface area contributed by atoms with E-state index >= 15 is 0 Å². The van der Waals surface area contributed by atoms with Crippen molar-refractivity contribution in [3.05, 3.63) is 52.0 Å². The molecule has 2 amide bonds. The number of hydrogen-bond donors (Lipinski definition) is 1. The van der Waals surface area contributed by atoms with E-state index in [4.69, 9.17) is 32.7 Å². The third-order valence-electron chi connectivity index (χ3n) is 4.84. The first-order valence-corrected chi connectivity index (χ1v) is 9.79. The number of nitrogens with one attached hydrogen (secondary N) is 1. The number of ether oxygens (including phenoxy) is 2. The summed E-state index contributed by atoms with van der Waals surface area (Å²) in [6.45, 7) is 2.00. The molecule has 0 spiro atoms. The molecule has 2 aliphatic heterocycles. The first-order valence-electron chi connectivity index (χ1n) is 9.04. The molecule has 7 heteroatoms. The van der Waals surface area contributed by atoms with E-state index in [9.17, 15) is 4.79 Å². The Kier molecular flexibility index (Phi) is 5.32. The normalized spacial score (nSPS) is 18.9. The molecule has 1 atom stereocenters. The van der Waals surface area contributed by atoms with Gasteiger partial charge in [-0.05, 0) is 48.7 Å². The highest BCUT2D eigenvalue weighted by molar-refractivity contribution is 6.42. The van der Waals surface area contributed by atoms with Crippen molar-refractivity contribution in [1.82, 2.24) is 4.90 Å². The maximum atomic E-state index is 12.8. The average molecular weight is 407 g/mol. The van der Waals surface area contributed by atoms with E-state index in [1.165, 1.54) is 0 Å². The second kappa shape index (κ2) is 7.87. The molecule has 0 aromatic heterocycles. The lowest BCUT2D eigenvalue weighted by molar-refractivity contribution is 0.207. The molecule has 0 saturated carbocycles. The van der Waals surface area contributed by atoms with Crippen LogP contribution in [0.25, 0.3) is 0 Å². The number of fused-ring (bicyclic) bond motifs is 1. The minimum atomic E-state index is -0.150. The Morgan fingerprint density at radius 1 is 1.00 bits per heavy atom. The van der Waals surface area contributed by atoms with E-state index in [1.54, 1.807) is 18.2 Å². The van der Waals surface area contributed by atoms with Gasteiger partial charge in [0.2, 0.25) is 0 Å². The van der Waals surface area contributed by atoms with Gasteiger partial charge in [-0.3, -0.25) is 0 Å². The largest absolute Gasteiger partial charge is 0.490 e. The smallest absolute Gasteiger partial charge is 0.322 e. The zero-order valence-corrected chi connectivity index (χ0v) is 16.2. The Morgan fingerprint density at radius 2 is 1.81 bits per heavy atom. The molecule has 2 aliphatic rings. The number of nitrogens with zero attached hydrogens (tertiary/aromatic N) is 1. The molecule has 2 aromatic rings. The number of halogens is 2. The topological polar surface area (TPSA) is 50.8 Å². The third kappa shape index (κ3) is 3.94. The monoisotopic (exact) mass is 406 g/mol. The van der Waals surface area contributed by atoms with E-state index in [0.717, 1.165) is 36.3 Å². The average Bonchev–Trinajstić information content (AvgIpc) is 3.04. The standard InChI is InChI=1S/C20H20Cl2N2O3/c21-15-6-5-14(12-16(15)22)23-20(25)24-8-1-3-17(24)13-4-7-18-19(11-13)27-10-2-9-26-18/h4-7,11-12,17H,1-3,8-10H2,(H,23,25)/t17-/m0/s1. The first-order chi connectivity index (χ1) is 13.1. The van der Waals surface area contributed by atoms with Gasteiger partial charge in [0.1, 0.15) is 0 Å². The molecule has 1 saturated heterocycles. The van der Waals surface area contributed by atoms with Gasteiger partial charge in [-0.25, -0.2) is 4.79 Å². The molecule has 5 nitrogen and oxygen atoms in total. The fourth-order valence-corrected chi connectivity index (χ4v) is 3.81. The SMILES string of the molecule is O=C(Nc1ccc(Cl)c(Cl)c1)N1CCC[C@H]1c1ccc2c(c1)OCCCO2. The molecule has 2 aromatic carbocycles. The third-order valence-corrected chi connectivity index (χ3v) is 5.58. The fraction of sp³-hybridized carbons (Fsp3) is 0.350. The second-order valence-electron chi connectivity index (χ2n) is 6.67. The lowest BCUT2D eigenvalue weighted by atomic mass is 10.0. The number of likely N-dealkylation sites (tertiary alicyclic amines) is 1. The number of amides is 2. The number of carbonyl (C=O) groups excluding carboxylic acids is 1. The molecule has 27 heavy (non-hydrogen) atoms. The minimum absolute atomic E-state index is 0.00456. The molecular formula is C20H20Cl2N2O3. The van der Waals surface area contributed by atoms with Crippen molar-refractivity contribution in [1.29, 1.82) is 0 Å². The predicted octanol–water partition coefficient (Wildman–Crippen LogP) is 5.52. The van der Waals surface area contributed by atoms with Gasteiger partial charge >= 0.3 is 6.03 Å². The molecular weight excluding hydrogens is 387 g/mol. The van der Waals surface area contributed by atoms with Crippen molar-refractivity contribution < 1.29 is 14.3 Å². The van der Waals surface area contributed by atoms with Crippen molar-refractivity contribution in [2.45, 2.75) is 25.3 Å². The summed E-state index contributed by atoms with van der Waals surface area (Å²) in [5.41, 5.74) is 1.68. The Morgan fingerprint density at radius 3 is 2.63 bits per heavy atom. The molecule has 0 unspecified atom stereocenters. The highest BCUT2D eigenvalue weighted by Gasteiger charge is 2.31. The van der Waals surface area contributed by atoms with Crippen LogP contribution in [0.1, 0.15) is 30.9 Å². The van der Waals surface area contributed by atoms with Gasteiger partial charge in [0.15, 0.2) is 11.5 Å². The van der Waals surface area contributed by atoms with Crippen LogP contribution in [0.2, 0.25) is 10.0 Å². The van der Waals surface area contributed by atoms with E-state index < -0.39 is 0 Å². The maximum absolute atomic E-state index is 12.8. The second-order valence-corrected chi connectivity index (χ2v) is 7.48. The first kappa shape index (κ1) is 18.3. The zero-order valence-electron chi connectivity index (χ0n) is 14.7. The van der Waals surface area contributed by atoms with Gasteiger partial charge in [0.25, 0.3) is 0 Å². The molecule has 1 N–H and O–H groups in total. The summed E-state index contributed by atoms with van der Waals surface area (Å²) in [7, 11) is 0. The van der Waals surface area contributed by atoms with Crippen LogP contribution in [-0.4, -0.2) is 30.7 Å². The van der Waals surface area contributed by atoms with Crippen molar-refractivity contribution >= 4 is 34.9 Å². The summed E-state index contributed by atoms with van der Waals surface area (Å²) in [5, 5.41) is 3.78. The summed E-state index contributed by atoms with van der Waals surface area (Å²) in [6.07, 6.45) is 2.73. The van der Waals surface area contributed by atoms with E-state index in [-0.39, 0.29) is 12.1 Å². The summed E-state index contributed by atoms with van der Waals surface area (Å²) in [6, 6.07) is 10.9. The van der Waals surface area contributed by atoms with Crippen LogP contribution in [0.3, 0.4) is 0 Å². The number of urea groups is 1. The van der Waals surface area contributed by atoms with Crippen LogP contribution in [0.4, 0.5) is 10.5 Å². The van der Waals surface area contributed by atoms with Gasteiger partial charge in [-0.2, -0.15) is 0 Å². The molecule has 0 radical (unpaired) electrons. The van der Waals surface area contributed by atoms with Gasteiger partial charge in [0.05, 0.1) is 29.3 Å². The highest BCUT2D eigenvalue weighted by atomic mass is 35.5. The van der Waals surface area contributed by atoms with Crippen molar-refractivity contribution in [3.63, 3.8) is 0 Å². The number of anilines is 1. The quantitative estimate of drug-likeness (QED) is 0.713. The Balaban J connectivity index is 1.52. The molecule has 142 valence electrons. The summed E-state index contributed by atoms with van der Waals surface area (Å²) in [4.78, 5) is 14.7. The van der Waals surface area contributed by atoms with Gasteiger partial charge in [0, 0.05) is 18.7 Å². The number of hydrogen-bond acceptors (Lipinski definition) is 3. The predicted molar refractivity (Wildman–Crippen MR) is 106 cm³/mol. The molecule has 1 fully saturated rings. The number of benzene rings is 2. The molecule has 2 heterocycles. The lowest BCUT2D eigenvalue weighted by Gasteiger charge is -2.26. The Hall–Kier alpha value is -2.11. The van der Waals surface area contributed by atoms with Gasteiger partial charge < -0.3 is 19.7 Å². The minimum Gasteiger partial charge on any atom is -0.490 e. The van der Waals surface area contributed by atoms with Crippen molar-refractivity contribution in [2.75, 3.05) is 25.1 Å². The van der Waals surface area contributed by atoms with E-state index in [2.05, 4.69) is 5.32 Å². The lowest BCUT2D eigenvalue weighted by Crippen LogP contribution is -2.34. The van der Waals surface area contributed by atoms with Crippen LogP contribution < -0.4 is 14.8 Å². The van der Waals surface area contributed by atoms with Crippen LogP contribution in [0.5, 0.6) is 11.5 Å². The fourth-order valence-electron chi connectivity index (χ4n) is 3.51. The summed E-state index contributed by atoms with van der Waals surface area (Å²) in [5.74, 6) is 1.52. The Labute approximate surface area is 168 Å². The molecule has 0 aliphatic carbocycles. The number of rotatable bonds is 2. The highest BCUT2D eigenvalue weighted by Crippen LogP contribution is 2.38. The van der Waals surface area contributed by atoms with Crippen molar-refractivity contribution in [2.24, 2.45) is 0 Å². The summed E-state index contributed by atoms with van der Waals surface area (Å²) >= 11 is 12.0.